The molecular formula is C11H5Cl2IN2O4. The van der Waals surface area contributed by atoms with E-state index in [1.54, 1.807) is 12.1 Å². The van der Waals surface area contributed by atoms with Crippen LogP contribution in [0.3, 0.4) is 0 Å². The Labute approximate surface area is 136 Å². The van der Waals surface area contributed by atoms with E-state index in [0.29, 0.717) is 5.02 Å². The van der Waals surface area contributed by atoms with Crippen LogP contribution in [0.4, 0.5) is 5.69 Å². The van der Waals surface area contributed by atoms with E-state index in [4.69, 9.17) is 27.9 Å². The van der Waals surface area contributed by atoms with Crippen LogP contribution in [0.25, 0.3) is 0 Å². The van der Waals surface area contributed by atoms with Crippen molar-refractivity contribution >= 4 is 51.5 Å². The van der Waals surface area contributed by atoms with Crippen LogP contribution in [0.15, 0.2) is 30.5 Å². The second-order valence-electron chi connectivity index (χ2n) is 3.61. The maximum absolute atomic E-state index is 11.4. The molecule has 1 aromatic carbocycles. The first-order valence-corrected chi connectivity index (χ1v) is 6.92. The van der Waals surface area contributed by atoms with Crippen molar-refractivity contribution in [2.24, 2.45) is 0 Å². The Hall–Kier alpha value is -1.32. The fourth-order valence-electron chi connectivity index (χ4n) is 1.43. The topological polar surface area (TPSA) is 79.3 Å². The summed E-state index contributed by atoms with van der Waals surface area (Å²) in [5.41, 5.74) is -0.405. The van der Waals surface area contributed by atoms with Gasteiger partial charge in [-0.15, -0.1) is 0 Å². The molecule has 9 heteroatoms. The van der Waals surface area contributed by atoms with Crippen molar-refractivity contribution in [1.29, 1.82) is 0 Å². The van der Waals surface area contributed by atoms with E-state index in [1.165, 1.54) is 6.07 Å². The zero-order valence-electron chi connectivity index (χ0n) is 9.55. The van der Waals surface area contributed by atoms with E-state index < -0.39 is 15.8 Å². The number of ether oxygens (including phenoxy) is 1. The Kier molecular flexibility index (Phi) is 4.51. The van der Waals surface area contributed by atoms with Crippen LogP contribution >= 0.6 is 45.8 Å². The molecule has 0 spiro atoms. The summed E-state index contributed by atoms with van der Waals surface area (Å²) >= 11 is 13.6. The molecule has 6 nitrogen and oxygen atoms in total. The molecule has 2 aromatic rings. The van der Waals surface area contributed by atoms with Crippen molar-refractivity contribution in [2.75, 3.05) is 0 Å². The quantitative estimate of drug-likeness (QED) is 0.186. The summed E-state index contributed by atoms with van der Waals surface area (Å²) in [6.45, 7) is 0. The molecule has 0 aliphatic heterocycles. The third kappa shape index (κ3) is 3.22. The van der Waals surface area contributed by atoms with E-state index in [0.717, 1.165) is 15.8 Å². The van der Waals surface area contributed by atoms with Gasteiger partial charge in [-0.3, -0.25) is 10.1 Å². The lowest BCUT2D eigenvalue weighted by atomic mass is 10.3. The van der Waals surface area contributed by atoms with Gasteiger partial charge in [0, 0.05) is 8.59 Å². The first kappa shape index (κ1) is 15.1. The average Bonchev–Trinajstić information content (AvgIpc) is 2.33. The molecule has 0 N–H and O–H groups in total. The van der Waals surface area contributed by atoms with Crippen molar-refractivity contribution in [3.05, 3.63) is 59.5 Å². The maximum Gasteiger partial charge on any atom is 0.336 e. The molecule has 0 saturated heterocycles. The second kappa shape index (κ2) is 5.98. The number of nitro groups is 1. The standard InChI is InChI=1S/C11H5Cl2IN2O4/c12-6-3-7(14)5-8(4-6)20-10-9(16(18)19)1-2-15(17)11(10)13/h1-5H. The van der Waals surface area contributed by atoms with Gasteiger partial charge in [0.05, 0.1) is 11.0 Å². The number of rotatable bonds is 3. The Morgan fingerprint density at radius 3 is 2.60 bits per heavy atom. The average molecular weight is 427 g/mol. The smallest absolute Gasteiger partial charge is 0.336 e. The fraction of sp³-hybridized carbons (Fsp3) is 0. The van der Waals surface area contributed by atoms with Gasteiger partial charge in [-0.05, 0) is 52.4 Å². The highest BCUT2D eigenvalue weighted by Crippen LogP contribution is 2.36. The highest BCUT2D eigenvalue weighted by molar-refractivity contribution is 14.1. The Morgan fingerprint density at radius 1 is 1.30 bits per heavy atom. The lowest BCUT2D eigenvalue weighted by Crippen LogP contribution is -2.27. The number of hydrogen-bond donors (Lipinski definition) is 0. The number of halogens is 3. The number of benzene rings is 1. The Bertz CT molecular complexity index is 676. The monoisotopic (exact) mass is 426 g/mol. The van der Waals surface area contributed by atoms with E-state index >= 15 is 0 Å². The molecule has 1 heterocycles. The highest BCUT2D eigenvalue weighted by atomic mass is 127. The molecular weight excluding hydrogens is 422 g/mol. The van der Waals surface area contributed by atoms with Crippen LogP contribution in [0.5, 0.6) is 11.5 Å². The molecule has 1 aromatic heterocycles. The first-order valence-electron chi connectivity index (χ1n) is 5.08. The van der Waals surface area contributed by atoms with Gasteiger partial charge in [0.25, 0.3) is 5.75 Å². The lowest BCUT2D eigenvalue weighted by Gasteiger charge is -2.08. The van der Waals surface area contributed by atoms with E-state index in [9.17, 15) is 15.3 Å². The predicted molar refractivity (Wildman–Crippen MR) is 81.3 cm³/mol. The van der Waals surface area contributed by atoms with Crippen molar-refractivity contribution in [3.8, 4) is 11.5 Å². The zero-order chi connectivity index (χ0) is 14.9. The van der Waals surface area contributed by atoms with Crippen LogP contribution in [0, 0.1) is 18.9 Å². The summed E-state index contributed by atoms with van der Waals surface area (Å²) in [5.74, 6) is -0.0784. The third-order valence-corrected chi connectivity index (χ3v) is 3.41. The summed E-state index contributed by atoms with van der Waals surface area (Å²) in [4.78, 5) is 10.3. The zero-order valence-corrected chi connectivity index (χ0v) is 13.2. The largest absolute Gasteiger partial charge is 0.618 e. The fourth-order valence-corrected chi connectivity index (χ4v) is 2.67. The summed E-state index contributed by atoms with van der Waals surface area (Å²) < 4.78 is 6.41. The minimum Gasteiger partial charge on any atom is -0.618 e. The molecule has 0 amide bonds. The molecule has 0 aliphatic carbocycles. The molecule has 0 aliphatic rings. The summed E-state index contributed by atoms with van der Waals surface area (Å²) in [5, 5.41) is 22.3. The summed E-state index contributed by atoms with van der Waals surface area (Å²) in [6.07, 6.45) is 0.940. The van der Waals surface area contributed by atoms with E-state index in [1.807, 2.05) is 22.6 Å². The van der Waals surface area contributed by atoms with Crippen molar-refractivity contribution in [2.45, 2.75) is 0 Å². The van der Waals surface area contributed by atoms with E-state index in [-0.39, 0.29) is 16.2 Å². The SMILES string of the molecule is O=[N+]([O-])c1cc[n+]([O-])c(Cl)c1Oc1cc(Cl)cc(I)c1. The molecule has 0 atom stereocenters. The number of nitrogens with zero attached hydrogens (tertiary/aromatic N) is 2. The van der Waals surface area contributed by atoms with Crippen LogP contribution in [0.1, 0.15) is 0 Å². The molecule has 0 fully saturated rings. The minimum absolute atomic E-state index is 0.248. The predicted octanol–water partition coefficient (Wildman–Crippen LogP) is 3.93. The lowest BCUT2D eigenvalue weighted by molar-refractivity contribution is -0.604. The van der Waals surface area contributed by atoms with Crippen molar-refractivity contribution in [3.63, 3.8) is 0 Å². The van der Waals surface area contributed by atoms with Gasteiger partial charge in [-0.25, -0.2) is 0 Å². The number of pyridine rings is 1. The highest BCUT2D eigenvalue weighted by Gasteiger charge is 2.26. The van der Waals surface area contributed by atoms with Crippen LogP contribution in [-0.4, -0.2) is 4.92 Å². The summed E-state index contributed by atoms with van der Waals surface area (Å²) in [6, 6.07) is 5.77. The minimum atomic E-state index is -0.684. The molecule has 104 valence electrons. The van der Waals surface area contributed by atoms with Gasteiger partial charge in [0.15, 0.2) is 6.20 Å². The molecule has 0 bridgehead atoms. The summed E-state index contributed by atoms with van der Waals surface area (Å²) in [7, 11) is 0. The number of hydrogen-bond acceptors (Lipinski definition) is 4. The van der Waals surface area contributed by atoms with Gasteiger partial charge in [0.2, 0.25) is 0 Å². The maximum atomic E-state index is 11.4. The van der Waals surface area contributed by atoms with Gasteiger partial charge >= 0.3 is 10.8 Å². The van der Waals surface area contributed by atoms with Crippen LogP contribution < -0.4 is 9.47 Å². The molecule has 0 saturated carbocycles. The van der Waals surface area contributed by atoms with Crippen LogP contribution in [-0.2, 0) is 0 Å². The van der Waals surface area contributed by atoms with Crippen molar-refractivity contribution in [1.82, 2.24) is 0 Å². The normalized spacial score (nSPS) is 10.3. The van der Waals surface area contributed by atoms with Gasteiger partial charge in [-0.2, -0.15) is 4.73 Å². The molecule has 0 unspecified atom stereocenters. The molecule has 0 radical (unpaired) electrons. The third-order valence-electron chi connectivity index (χ3n) is 2.23. The first-order chi connectivity index (χ1) is 9.38. The second-order valence-corrected chi connectivity index (χ2v) is 5.65. The molecule has 2 rings (SSSR count). The van der Waals surface area contributed by atoms with Gasteiger partial charge < -0.3 is 9.94 Å². The van der Waals surface area contributed by atoms with Gasteiger partial charge in [-0.1, -0.05) is 11.6 Å². The van der Waals surface area contributed by atoms with E-state index in [2.05, 4.69) is 0 Å². The van der Waals surface area contributed by atoms with Crippen molar-refractivity contribution < 1.29 is 14.4 Å². The van der Waals surface area contributed by atoms with Crippen LogP contribution in [0.2, 0.25) is 10.2 Å². The number of aromatic nitrogens is 1. The van der Waals surface area contributed by atoms with Gasteiger partial charge in [0.1, 0.15) is 5.75 Å². The molecule has 20 heavy (non-hydrogen) atoms. The Balaban J connectivity index is 2.52. The Morgan fingerprint density at radius 2 is 2.00 bits per heavy atom.